The van der Waals surface area contributed by atoms with Crippen LogP contribution in [0.15, 0.2) is 58.3 Å². The van der Waals surface area contributed by atoms with Crippen molar-refractivity contribution in [1.29, 1.82) is 0 Å². The molecule has 2 aliphatic rings. The number of amides is 2. The quantitative estimate of drug-likeness (QED) is 0.552. The van der Waals surface area contributed by atoms with Gasteiger partial charge in [0.05, 0.1) is 23.8 Å². The maximum absolute atomic E-state index is 12.4. The van der Waals surface area contributed by atoms with E-state index in [4.69, 9.17) is 4.74 Å². The van der Waals surface area contributed by atoms with Crippen LogP contribution in [-0.2, 0) is 9.53 Å². The Labute approximate surface area is 180 Å². The van der Waals surface area contributed by atoms with Gasteiger partial charge in [0.2, 0.25) is 0 Å². The second-order valence-electron chi connectivity index (χ2n) is 7.25. The summed E-state index contributed by atoms with van der Waals surface area (Å²) in [5, 5.41) is 5.89. The molecule has 0 spiro atoms. The number of carbonyl (C=O) groups excluding carboxylic acids is 2. The van der Waals surface area contributed by atoms with Crippen molar-refractivity contribution in [2.24, 2.45) is 0 Å². The average molecular weight is 424 g/mol. The highest BCUT2D eigenvalue weighted by molar-refractivity contribution is 8.04. The van der Waals surface area contributed by atoms with Crippen LogP contribution in [0.5, 0.6) is 0 Å². The molecule has 2 amide bonds. The first-order chi connectivity index (χ1) is 14.7. The molecule has 1 fully saturated rings. The van der Waals surface area contributed by atoms with Crippen molar-refractivity contribution >= 4 is 35.3 Å². The normalized spacial score (nSPS) is 18.0. The number of carbonyl (C=O) groups is 2. The van der Waals surface area contributed by atoms with Gasteiger partial charge in [0.1, 0.15) is 0 Å². The van der Waals surface area contributed by atoms with E-state index in [2.05, 4.69) is 15.5 Å². The number of nitrogens with zero attached hydrogens (tertiary/aromatic N) is 1. The van der Waals surface area contributed by atoms with Crippen LogP contribution < -0.4 is 10.6 Å². The van der Waals surface area contributed by atoms with E-state index < -0.39 is 0 Å². The molecular formula is C23H25N3O3S. The smallest absolute Gasteiger partial charge is 0.262 e. The van der Waals surface area contributed by atoms with Crippen LogP contribution in [0.1, 0.15) is 22.3 Å². The van der Waals surface area contributed by atoms with E-state index in [1.807, 2.05) is 42.5 Å². The van der Waals surface area contributed by atoms with Crippen molar-refractivity contribution in [1.82, 2.24) is 10.2 Å². The summed E-state index contributed by atoms with van der Waals surface area (Å²) in [4.78, 5) is 28.7. The van der Waals surface area contributed by atoms with Crippen LogP contribution in [0.3, 0.4) is 0 Å². The van der Waals surface area contributed by atoms with Crippen LogP contribution >= 0.6 is 11.8 Å². The zero-order valence-corrected chi connectivity index (χ0v) is 17.5. The van der Waals surface area contributed by atoms with E-state index >= 15 is 0 Å². The van der Waals surface area contributed by atoms with Gasteiger partial charge in [0.15, 0.2) is 0 Å². The van der Waals surface area contributed by atoms with Crippen molar-refractivity contribution in [2.45, 2.75) is 11.3 Å². The largest absolute Gasteiger partial charge is 0.379 e. The molecule has 2 aromatic rings. The fourth-order valence-corrected chi connectivity index (χ4v) is 4.37. The molecule has 4 rings (SSSR count). The zero-order valence-electron chi connectivity index (χ0n) is 16.7. The predicted molar refractivity (Wildman–Crippen MR) is 120 cm³/mol. The van der Waals surface area contributed by atoms with Gasteiger partial charge in [-0.25, -0.2) is 0 Å². The number of thioether (sulfide) groups is 1. The second kappa shape index (κ2) is 9.93. The Balaban J connectivity index is 1.30. The summed E-state index contributed by atoms with van der Waals surface area (Å²) in [6, 6.07) is 15.1. The molecule has 0 aromatic heterocycles. The lowest BCUT2D eigenvalue weighted by Crippen LogP contribution is -2.38. The van der Waals surface area contributed by atoms with Gasteiger partial charge in [-0.15, -0.1) is 0 Å². The Hall–Kier alpha value is -2.61. The molecule has 6 nitrogen and oxygen atoms in total. The molecular weight excluding hydrogens is 398 g/mol. The standard InChI is InChI=1S/C23H25N3O3S/c27-22(24-10-3-11-26-12-14-29-15-13-26)18-8-6-17(7-9-18)16-21-23(28)25-19-4-1-2-5-20(19)30-21/h1-2,4-9,16H,3,10-15H2,(H,24,27)(H,25,28)/b21-16+. The summed E-state index contributed by atoms with van der Waals surface area (Å²) in [5.74, 6) is -0.185. The lowest BCUT2D eigenvalue weighted by Gasteiger charge is -2.26. The molecule has 2 aliphatic heterocycles. The number of hydrogen-bond acceptors (Lipinski definition) is 5. The minimum Gasteiger partial charge on any atom is -0.379 e. The summed E-state index contributed by atoms with van der Waals surface area (Å²) in [6.07, 6.45) is 2.77. The van der Waals surface area contributed by atoms with Gasteiger partial charge < -0.3 is 15.4 Å². The molecule has 156 valence electrons. The number of nitrogens with one attached hydrogen (secondary N) is 2. The monoisotopic (exact) mass is 423 g/mol. The highest BCUT2D eigenvalue weighted by atomic mass is 32.2. The van der Waals surface area contributed by atoms with E-state index in [0.29, 0.717) is 17.0 Å². The summed E-state index contributed by atoms with van der Waals surface area (Å²) in [7, 11) is 0. The zero-order chi connectivity index (χ0) is 20.8. The summed E-state index contributed by atoms with van der Waals surface area (Å²) in [5.41, 5.74) is 2.34. The van der Waals surface area contributed by atoms with Crippen molar-refractivity contribution < 1.29 is 14.3 Å². The van der Waals surface area contributed by atoms with Crippen molar-refractivity contribution in [3.8, 4) is 0 Å². The molecule has 2 heterocycles. The Morgan fingerprint density at radius 3 is 2.70 bits per heavy atom. The topological polar surface area (TPSA) is 70.7 Å². The molecule has 0 aliphatic carbocycles. The maximum atomic E-state index is 12.4. The number of morpholine rings is 1. The van der Waals surface area contributed by atoms with Gasteiger partial charge in [0.25, 0.3) is 11.8 Å². The maximum Gasteiger partial charge on any atom is 0.262 e. The molecule has 0 unspecified atom stereocenters. The lowest BCUT2D eigenvalue weighted by molar-refractivity contribution is -0.112. The number of benzene rings is 2. The third kappa shape index (κ3) is 5.30. The molecule has 2 N–H and O–H groups in total. The van der Waals surface area contributed by atoms with Gasteiger partial charge in [-0.3, -0.25) is 14.5 Å². The van der Waals surface area contributed by atoms with Crippen molar-refractivity contribution in [3.63, 3.8) is 0 Å². The number of hydrogen-bond donors (Lipinski definition) is 2. The molecule has 2 aromatic carbocycles. The number of fused-ring (bicyclic) bond motifs is 1. The van der Waals surface area contributed by atoms with E-state index in [-0.39, 0.29) is 11.8 Å². The first-order valence-electron chi connectivity index (χ1n) is 10.2. The van der Waals surface area contributed by atoms with Crippen LogP contribution in [0.25, 0.3) is 6.08 Å². The Bertz CT molecular complexity index is 937. The molecule has 0 bridgehead atoms. The summed E-state index contributed by atoms with van der Waals surface area (Å²) >= 11 is 1.45. The van der Waals surface area contributed by atoms with Gasteiger partial charge in [0, 0.05) is 30.1 Å². The average Bonchev–Trinajstić information content (AvgIpc) is 2.78. The summed E-state index contributed by atoms with van der Waals surface area (Å²) < 4.78 is 5.34. The Kier molecular flexibility index (Phi) is 6.84. The van der Waals surface area contributed by atoms with Gasteiger partial charge in [-0.05, 0) is 48.9 Å². The third-order valence-electron chi connectivity index (χ3n) is 5.09. The van der Waals surface area contributed by atoms with Crippen LogP contribution in [-0.4, -0.2) is 56.1 Å². The highest BCUT2D eigenvalue weighted by Crippen LogP contribution is 2.38. The fourth-order valence-electron chi connectivity index (χ4n) is 3.42. The van der Waals surface area contributed by atoms with Crippen molar-refractivity contribution in [2.75, 3.05) is 44.7 Å². The second-order valence-corrected chi connectivity index (χ2v) is 8.33. The molecule has 7 heteroatoms. The Morgan fingerprint density at radius 1 is 1.13 bits per heavy atom. The summed E-state index contributed by atoms with van der Waals surface area (Å²) in [6.45, 7) is 5.14. The molecule has 0 radical (unpaired) electrons. The minimum absolute atomic E-state index is 0.0742. The van der Waals surface area contributed by atoms with Crippen molar-refractivity contribution in [3.05, 3.63) is 64.6 Å². The minimum atomic E-state index is -0.110. The number of ether oxygens (including phenoxy) is 1. The molecule has 30 heavy (non-hydrogen) atoms. The highest BCUT2D eigenvalue weighted by Gasteiger charge is 2.20. The van der Waals surface area contributed by atoms with Gasteiger partial charge >= 0.3 is 0 Å². The van der Waals surface area contributed by atoms with E-state index in [0.717, 1.165) is 55.4 Å². The first kappa shape index (κ1) is 20.7. The van der Waals surface area contributed by atoms with E-state index in [9.17, 15) is 9.59 Å². The Morgan fingerprint density at radius 2 is 1.90 bits per heavy atom. The van der Waals surface area contributed by atoms with Gasteiger partial charge in [-0.2, -0.15) is 0 Å². The first-order valence-corrected chi connectivity index (χ1v) is 11.0. The predicted octanol–water partition coefficient (Wildman–Crippen LogP) is 3.22. The number of anilines is 1. The SMILES string of the molecule is O=C1Nc2ccccc2S/C1=C/c1ccc(C(=O)NCCCN2CCOCC2)cc1. The van der Waals surface area contributed by atoms with E-state index in [1.165, 1.54) is 11.8 Å². The number of rotatable bonds is 6. The lowest BCUT2D eigenvalue weighted by atomic mass is 10.1. The molecule has 1 saturated heterocycles. The van der Waals surface area contributed by atoms with Gasteiger partial charge in [-0.1, -0.05) is 36.0 Å². The van der Waals surface area contributed by atoms with Crippen LogP contribution in [0, 0.1) is 0 Å². The molecule has 0 atom stereocenters. The fraction of sp³-hybridized carbons (Fsp3) is 0.304. The van der Waals surface area contributed by atoms with Crippen LogP contribution in [0.4, 0.5) is 5.69 Å². The number of para-hydroxylation sites is 1. The third-order valence-corrected chi connectivity index (χ3v) is 6.19. The van der Waals surface area contributed by atoms with Crippen LogP contribution in [0.2, 0.25) is 0 Å². The molecule has 0 saturated carbocycles. The van der Waals surface area contributed by atoms with E-state index in [1.54, 1.807) is 12.1 Å².